The van der Waals surface area contributed by atoms with Crippen molar-refractivity contribution in [3.8, 4) is 0 Å². The monoisotopic (exact) mass is 196 g/mol. The maximum absolute atomic E-state index is 5.47. The number of ether oxygens (including phenoxy) is 2. The SMILES string of the molecule is C[C@@H]1COC[C@H]1/C=C1/CCCOCC1. The van der Waals surface area contributed by atoms with Crippen LogP contribution in [0, 0.1) is 11.8 Å². The van der Waals surface area contributed by atoms with Gasteiger partial charge in [0.1, 0.15) is 0 Å². The lowest BCUT2D eigenvalue weighted by molar-refractivity contribution is 0.146. The fraction of sp³-hybridized carbons (Fsp3) is 0.833. The first-order valence-electron chi connectivity index (χ1n) is 5.71. The zero-order valence-corrected chi connectivity index (χ0v) is 9.00. The fourth-order valence-electron chi connectivity index (χ4n) is 2.19. The Morgan fingerprint density at radius 3 is 2.86 bits per heavy atom. The third-order valence-electron chi connectivity index (χ3n) is 3.23. The molecule has 2 atom stereocenters. The molecule has 0 radical (unpaired) electrons. The predicted molar refractivity (Wildman–Crippen MR) is 56.2 cm³/mol. The summed E-state index contributed by atoms with van der Waals surface area (Å²) in [4.78, 5) is 0. The molecule has 2 aliphatic rings. The molecule has 0 amide bonds. The van der Waals surface area contributed by atoms with E-state index in [1.165, 1.54) is 12.8 Å². The van der Waals surface area contributed by atoms with Crippen LogP contribution < -0.4 is 0 Å². The Balaban J connectivity index is 1.93. The van der Waals surface area contributed by atoms with E-state index in [9.17, 15) is 0 Å². The summed E-state index contributed by atoms with van der Waals surface area (Å²) in [5.74, 6) is 1.36. The molecular formula is C12H20O2. The Bertz CT molecular complexity index is 200. The van der Waals surface area contributed by atoms with Gasteiger partial charge in [-0.3, -0.25) is 0 Å². The van der Waals surface area contributed by atoms with Crippen LogP contribution in [0.3, 0.4) is 0 Å². The number of rotatable bonds is 1. The highest BCUT2D eigenvalue weighted by molar-refractivity contribution is 5.07. The van der Waals surface area contributed by atoms with Gasteiger partial charge in [0.15, 0.2) is 0 Å². The van der Waals surface area contributed by atoms with Crippen molar-refractivity contribution in [2.75, 3.05) is 26.4 Å². The molecule has 2 heterocycles. The normalized spacial score (nSPS) is 37.4. The van der Waals surface area contributed by atoms with Crippen LogP contribution in [0.1, 0.15) is 26.2 Å². The van der Waals surface area contributed by atoms with E-state index in [1.807, 2.05) is 0 Å². The van der Waals surface area contributed by atoms with Crippen LogP contribution in [0.5, 0.6) is 0 Å². The topological polar surface area (TPSA) is 18.5 Å². The van der Waals surface area contributed by atoms with Crippen LogP contribution in [-0.2, 0) is 9.47 Å². The Hall–Kier alpha value is -0.340. The minimum atomic E-state index is 0.656. The molecule has 0 spiro atoms. The molecule has 0 aromatic rings. The number of hydrogen-bond donors (Lipinski definition) is 0. The van der Waals surface area contributed by atoms with E-state index >= 15 is 0 Å². The summed E-state index contributed by atoms with van der Waals surface area (Å²) in [5, 5.41) is 0. The molecule has 2 saturated heterocycles. The quantitative estimate of drug-likeness (QED) is 0.599. The van der Waals surface area contributed by atoms with Gasteiger partial charge in [-0.05, 0) is 25.2 Å². The van der Waals surface area contributed by atoms with Crippen LogP contribution in [0.4, 0.5) is 0 Å². The summed E-state index contributed by atoms with van der Waals surface area (Å²) >= 11 is 0. The largest absolute Gasteiger partial charge is 0.381 e. The van der Waals surface area contributed by atoms with Gasteiger partial charge in [-0.1, -0.05) is 18.6 Å². The van der Waals surface area contributed by atoms with E-state index in [0.29, 0.717) is 11.8 Å². The maximum Gasteiger partial charge on any atom is 0.0532 e. The van der Waals surface area contributed by atoms with Crippen LogP contribution in [0.25, 0.3) is 0 Å². The molecule has 0 saturated carbocycles. The second-order valence-corrected chi connectivity index (χ2v) is 4.47. The van der Waals surface area contributed by atoms with E-state index in [0.717, 1.165) is 32.8 Å². The molecule has 14 heavy (non-hydrogen) atoms. The van der Waals surface area contributed by atoms with Crippen molar-refractivity contribution >= 4 is 0 Å². The van der Waals surface area contributed by atoms with E-state index in [-0.39, 0.29) is 0 Å². The van der Waals surface area contributed by atoms with Crippen molar-refractivity contribution < 1.29 is 9.47 Å². The van der Waals surface area contributed by atoms with E-state index in [4.69, 9.17) is 9.47 Å². The molecule has 0 aromatic heterocycles. The lowest BCUT2D eigenvalue weighted by atomic mass is 9.93. The average Bonchev–Trinajstić information content (AvgIpc) is 2.44. The predicted octanol–water partition coefficient (Wildman–Crippen LogP) is 2.40. The Morgan fingerprint density at radius 2 is 2.07 bits per heavy atom. The van der Waals surface area contributed by atoms with Gasteiger partial charge in [0, 0.05) is 19.1 Å². The third kappa shape index (κ3) is 2.58. The summed E-state index contributed by atoms with van der Waals surface area (Å²) in [7, 11) is 0. The lowest BCUT2D eigenvalue weighted by Gasteiger charge is -2.10. The molecule has 2 fully saturated rings. The molecule has 0 aromatic carbocycles. The molecule has 80 valence electrons. The summed E-state index contributed by atoms with van der Waals surface area (Å²) in [5.41, 5.74) is 1.59. The van der Waals surface area contributed by atoms with Crippen molar-refractivity contribution in [2.45, 2.75) is 26.2 Å². The van der Waals surface area contributed by atoms with Crippen LogP contribution in [-0.4, -0.2) is 26.4 Å². The molecule has 0 bridgehead atoms. The molecule has 0 unspecified atom stereocenters. The van der Waals surface area contributed by atoms with Gasteiger partial charge in [0.25, 0.3) is 0 Å². The first kappa shape index (κ1) is 10.2. The fourth-order valence-corrected chi connectivity index (χ4v) is 2.19. The smallest absolute Gasteiger partial charge is 0.0532 e. The highest BCUT2D eigenvalue weighted by atomic mass is 16.5. The average molecular weight is 196 g/mol. The van der Waals surface area contributed by atoms with Gasteiger partial charge in [-0.25, -0.2) is 0 Å². The van der Waals surface area contributed by atoms with E-state index < -0.39 is 0 Å². The molecule has 2 nitrogen and oxygen atoms in total. The van der Waals surface area contributed by atoms with Gasteiger partial charge in [0.2, 0.25) is 0 Å². The highest BCUT2D eigenvalue weighted by Gasteiger charge is 2.22. The second kappa shape index (κ2) is 4.94. The molecule has 2 heteroatoms. The first-order chi connectivity index (χ1) is 6.86. The summed E-state index contributed by atoms with van der Waals surface area (Å²) in [6.45, 7) is 5.99. The van der Waals surface area contributed by atoms with Crippen molar-refractivity contribution in [1.82, 2.24) is 0 Å². The van der Waals surface area contributed by atoms with E-state index in [2.05, 4.69) is 13.0 Å². The summed E-state index contributed by atoms with van der Waals surface area (Å²) in [6, 6.07) is 0. The van der Waals surface area contributed by atoms with Gasteiger partial charge in [-0.2, -0.15) is 0 Å². The minimum Gasteiger partial charge on any atom is -0.381 e. The maximum atomic E-state index is 5.47. The van der Waals surface area contributed by atoms with Crippen LogP contribution >= 0.6 is 0 Å². The van der Waals surface area contributed by atoms with Crippen LogP contribution in [0.15, 0.2) is 11.6 Å². The molecule has 2 aliphatic heterocycles. The lowest BCUT2D eigenvalue weighted by Crippen LogP contribution is -2.06. The molecule has 2 rings (SSSR count). The third-order valence-corrected chi connectivity index (χ3v) is 3.23. The highest BCUT2D eigenvalue weighted by Crippen LogP contribution is 2.25. The molecular weight excluding hydrogens is 176 g/mol. The van der Waals surface area contributed by atoms with Crippen molar-refractivity contribution in [2.24, 2.45) is 11.8 Å². The van der Waals surface area contributed by atoms with Gasteiger partial charge in [0.05, 0.1) is 13.2 Å². The van der Waals surface area contributed by atoms with Crippen molar-refractivity contribution in [3.63, 3.8) is 0 Å². The standard InChI is InChI=1S/C12H20O2/c1-10-8-14-9-12(10)7-11-3-2-5-13-6-4-11/h7,10,12H,2-6,8-9H2,1H3/b11-7-/t10-,12-/m1/s1. The van der Waals surface area contributed by atoms with Crippen LogP contribution in [0.2, 0.25) is 0 Å². The Morgan fingerprint density at radius 1 is 1.14 bits per heavy atom. The zero-order chi connectivity index (χ0) is 9.80. The molecule has 0 aliphatic carbocycles. The van der Waals surface area contributed by atoms with Gasteiger partial charge >= 0.3 is 0 Å². The van der Waals surface area contributed by atoms with Crippen molar-refractivity contribution in [1.29, 1.82) is 0 Å². The zero-order valence-electron chi connectivity index (χ0n) is 9.00. The second-order valence-electron chi connectivity index (χ2n) is 4.47. The minimum absolute atomic E-state index is 0.656. The Kier molecular flexibility index (Phi) is 3.60. The molecule has 0 N–H and O–H groups in total. The van der Waals surface area contributed by atoms with E-state index in [1.54, 1.807) is 5.57 Å². The Labute approximate surface area is 86.3 Å². The summed E-state index contributed by atoms with van der Waals surface area (Å²) in [6.07, 6.45) is 5.99. The van der Waals surface area contributed by atoms with Crippen molar-refractivity contribution in [3.05, 3.63) is 11.6 Å². The van der Waals surface area contributed by atoms with Gasteiger partial charge < -0.3 is 9.47 Å². The number of hydrogen-bond acceptors (Lipinski definition) is 2. The summed E-state index contributed by atoms with van der Waals surface area (Å²) < 4.78 is 10.9. The first-order valence-corrected chi connectivity index (χ1v) is 5.71. The van der Waals surface area contributed by atoms with Gasteiger partial charge in [-0.15, -0.1) is 0 Å².